The molecule has 2 saturated carbocycles. The predicted octanol–water partition coefficient (Wildman–Crippen LogP) is 2.95. The first-order chi connectivity index (χ1) is 6.34. The molecular weight excluding hydrogens is 158 g/mol. The molecule has 0 amide bonds. The van der Waals surface area contributed by atoms with Crippen LogP contribution in [-0.4, -0.2) is 12.6 Å². The zero-order valence-corrected chi connectivity index (χ0v) is 8.89. The second kappa shape index (κ2) is 4.45. The van der Waals surface area contributed by atoms with Crippen LogP contribution in [0.2, 0.25) is 0 Å². The largest absolute Gasteiger partial charge is 0.314 e. The first-order valence-corrected chi connectivity index (χ1v) is 6.08. The normalized spacial score (nSPS) is 35.8. The van der Waals surface area contributed by atoms with Gasteiger partial charge in [0.1, 0.15) is 0 Å². The summed E-state index contributed by atoms with van der Waals surface area (Å²) in [6.45, 7) is 3.69. The van der Waals surface area contributed by atoms with Crippen LogP contribution in [0.25, 0.3) is 0 Å². The molecule has 1 heteroatoms. The Labute approximate surface area is 82.3 Å². The first-order valence-electron chi connectivity index (χ1n) is 6.08. The van der Waals surface area contributed by atoms with Crippen LogP contribution >= 0.6 is 0 Å². The van der Waals surface area contributed by atoms with Crippen molar-refractivity contribution in [3.63, 3.8) is 0 Å². The molecular formula is C12H23N. The molecule has 2 aliphatic rings. The molecule has 1 N–H and O–H groups in total. The maximum Gasteiger partial charge on any atom is 0.00698 e. The lowest BCUT2D eigenvalue weighted by Gasteiger charge is -2.15. The van der Waals surface area contributed by atoms with Crippen LogP contribution in [0.3, 0.4) is 0 Å². The standard InChI is InChI=1S/C12H23N/c1-10-6-7-12(8-10)13-9-11-4-2-3-5-11/h10-13H,2-9H2,1H3. The van der Waals surface area contributed by atoms with Crippen LogP contribution in [0.1, 0.15) is 51.9 Å². The van der Waals surface area contributed by atoms with Crippen LogP contribution in [0.15, 0.2) is 0 Å². The monoisotopic (exact) mass is 181 g/mol. The summed E-state index contributed by atoms with van der Waals surface area (Å²) in [5.74, 6) is 1.98. The molecule has 0 heterocycles. The molecule has 2 unspecified atom stereocenters. The lowest BCUT2D eigenvalue weighted by Crippen LogP contribution is -2.30. The Hall–Kier alpha value is -0.0400. The molecule has 0 aromatic rings. The third-order valence-corrected chi connectivity index (χ3v) is 3.86. The number of hydrogen-bond donors (Lipinski definition) is 1. The molecule has 2 aliphatic carbocycles. The highest BCUT2D eigenvalue weighted by atomic mass is 14.9. The van der Waals surface area contributed by atoms with Crippen LogP contribution in [0.4, 0.5) is 0 Å². The van der Waals surface area contributed by atoms with E-state index in [2.05, 4.69) is 12.2 Å². The highest BCUT2D eigenvalue weighted by Crippen LogP contribution is 2.27. The topological polar surface area (TPSA) is 12.0 Å². The Morgan fingerprint density at radius 2 is 1.85 bits per heavy atom. The third-order valence-electron chi connectivity index (χ3n) is 3.86. The van der Waals surface area contributed by atoms with Gasteiger partial charge in [-0.1, -0.05) is 19.8 Å². The van der Waals surface area contributed by atoms with Gasteiger partial charge in [-0.2, -0.15) is 0 Å². The summed E-state index contributed by atoms with van der Waals surface area (Å²) < 4.78 is 0. The van der Waals surface area contributed by atoms with E-state index in [0.29, 0.717) is 0 Å². The summed E-state index contributed by atoms with van der Waals surface area (Å²) in [6, 6.07) is 0.857. The van der Waals surface area contributed by atoms with Crippen molar-refractivity contribution < 1.29 is 0 Å². The van der Waals surface area contributed by atoms with E-state index in [1.165, 1.54) is 51.5 Å². The zero-order valence-electron chi connectivity index (χ0n) is 8.89. The third kappa shape index (κ3) is 2.70. The minimum absolute atomic E-state index is 0.857. The van der Waals surface area contributed by atoms with Gasteiger partial charge in [-0.05, 0) is 50.5 Å². The van der Waals surface area contributed by atoms with Crippen molar-refractivity contribution in [2.75, 3.05) is 6.54 Å². The smallest absolute Gasteiger partial charge is 0.00698 e. The van der Waals surface area contributed by atoms with Crippen LogP contribution < -0.4 is 5.32 Å². The van der Waals surface area contributed by atoms with Gasteiger partial charge in [0.15, 0.2) is 0 Å². The van der Waals surface area contributed by atoms with Crippen molar-refractivity contribution in [2.45, 2.75) is 57.9 Å². The van der Waals surface area contributed by atoms with Crippen molar-refractivity contribution in [2.24, 2.45) is 11.8 Å². The maximum absolute atomic E-state index is 3.75. The van der Waals surface area contributed by atoms with E-state index in [9.17, 15) is 0 Å². The first kappa shape index (κ1) is 9.51. The van der Waals surface area contributed by atoms with E-state index in [-0.39, 0.29) is 0 Å². The van der Waals surface area contributed by atoms with Gasteiger partial charge in [0.25, 0.3) is 0 Å². The summed E-state index contributed by atoms with van der Waals surface area (Å²) in [7, 11) is 0. The number of nitrogens with one attached hydrogen (secondary N) is 1. The Bertz CT molecular complexity index is 149. The fourth-order valence-electron chi connectivity index (χ4n) is 2.94. The summed E-state index contributed by atoms with van der Waals surface area (Å²) in [6.07, 6.45) is 10.2. The maximum atomic E-state index is 3.75. The van der Waals surface area contributed by atoms with Gasteiger partial charge >= 0.3 is 0 Å². The molecule has 1 nitrogen and oxygen atoms in total. The minimum atomic E-state index is 0.857. The molecule has 76 valence electrons. The molecule has 0 aromatic carbocycles. The van der Waals surface area contributed by atoms with E-state index in [1.54, 1.807) is 0 Å². The van der Waals surface area contributed by atoms with Gasteiger partial charge in [-0.3, -0.25) is 0 Å². The van der Waals surface area contributed by atoms with E-state index >= 15 is 0 Å². The van der Waals surface area contributed by atoms with E-state index < -0.39 is 0 Å². The van der Waals surface area contributed by atoms with Gasteiger partial charge in [-0.15, -0.1) is 0 Å². The SMILES string of the molecule is CC1CCC(NCC2CCCC2)C1. The molecule has 2 atom stereocenters. The molecule has 0 radical (unpaired) electrons. The summed E-state index contributed by atoms with van der Waals surface area (Å²) in [4.78, 5) is 0. The summed E-state index contributed by atoms with van der Waals surface area (Å²) in [5, 5.41) is 3.75. The zero-order chi connectivity index (χ0) is 9.10. The summed E-state index contributed by atoms with van der Waals surface area (Å²) in [5.41, 5.74) is 0. The summed E-state index contributed by atoms with van der Waals surface area (Å²) >= 11 is 0. The molecule has 0 saturated heterocycles. The molecule has 2 fully saturated rings. The van der Waals surface area contributed by atoms with Gasteiger partial charge in [0, 0.05) is 6.04 Å². The van der Waals surface area contributed by atoms with Crippen molar-refractivity contribution in [3.8, 4) is 0 Å². The Kier molecular flexibility index (Phi) is 3.26. The fraction of sp³-hybridized carbons (Fsp3) is 1.00. The lowest BCUT2D eigenvalue weighted by atomic mass is 10.1. The van der Waals surface area contributed by atoms with E-state index in [0.717, 1.165) is 17.9 Å². The van der Waals surface area contributed by atoms with E-state index in [1.807, 2.05) is 0 Å². The van der Waals surface area contributed by atoms with Gasteiger partial charge in [0.05, 0.1) is 0 Å². The molecule has 0 bridgehead atoms. The molecule has 0 aliphatic heterocycles. The predicted molar refractivity (Wildman–Crippen MR) is 56.8 cm³/mol. The Morgan fingerprint density at radius 3 is 2.46 bits per heavy atom. The molecule has 2 rings (SSSR count). The molecule has 13 heavy (non-hydrogen) atoms. The van der Waals surface area contributed by atoms with Crippen molar-refractivity contribution >= 4 is 0 Å². The average Bonchev–Trinajstić information content (AvgIpc) is 2.71. The Morgan fingerprint density at radius 1 is 1.08 bits per heavy atom. The molecule has 0 aromatic heterocycles. The van der Waals surface area contributed by atoms with Gasteiger partial charge in [0.2, 0.25) is 0 Å². The average molecular weight is 181 g/mol. The highest BCUT2D eigenvalue weighted by Gasteiger charge is 2.22. The van der Waals surface area contributed by atoms with Crippen molar-refractivity contribution in [1.82, 2.24) is 5.32 Å². The van der Waals surface area contributed by atoms with E-state index in [4.69, 9.17) is 0 Å². The lowest BCUT2D eigenvalue weighted by molar-refractivity contribution is 0.427. The number of rotatable bonds is 3. The molecule has 0 spiro atoms. The van der Waals surface area contributed by atoms with Crippen molar-refractivity contribution in [1.29, 1.82) is 0 Å². The second-order valence-corrected chi connectivity index (χ2v) is 5.17. The minimum Gasteiger partial charge on any atom is -0.314 e. The van der Waals surface area contributed by atoms with Crippen LogP contribution in [0.5, 0.6) is 0 Å². The fourth-order valence-corrected chi connectivity index (χ4v) is 2.94. The second-order valence-electron chi connectivity index (χ2n) is 5.17. The Balaban J connectivity index is 1.62. The van der Waals surface area contributed by atoms with Crippen LogP contribution in [0, 0.1) is 11.8 Å². The van der Waals surface area contributed by atoms with Crippen molar-refractivity contribution in [3.05, 3.63) is 0 Å². The van der Waals surface area contributed by atoms with Gasteiger partial charge < -0.3 is 5.32 Å². The number of hydrogen-bond acceptors (Lipinski definition) is 1. The quantitative estimate of drug-likeness (QED) is 0.706. The van der Waals surface area contributed by atoms with Gasteiger partial charge in [-0.25, -0.2) is 0 Å². The van der Waals surface area contributed by atoms with Crippen LogP contribution in [-0.2, 0) is 0 Å². The highest BCUT2D eigenvalue weighted by molar-refractivity contribution is 4.80.